The van der Waals surface area contributed by atoms with E-state index in [2.05, 4.69) is 21.2 Å². The third kappa shape index (κ3) is 6.20. The predicted molar refractivity (Wildman–Crippen MR) is 124 cm³/mol. The molecule has 0 spiro atoms. The fraction of sp³-hybridized carbons (Fsp3) is 0.208. The number of aromatic amines is 1. The minimum Gasteiger partial charge on any atom is -0.481 e. The largest absolute Gasteiger partial charge is 0.481 e. The predicted octanol–water partition coefficient (Wildman–Crippen LogP) is 1.75. The van der Waals surface area contributed by atoms with Crippen LogP contribution in [0.1, 0.15) is 28.8 Å². The molecule has 0 aliphatic heterocycles. The number of carbonyl (C=O) groups excluding carboxylic acids is 1. The first-order chi connectivity index (χ1) is 16.7. The minimum atomic E-state index is -1.49. The van der Waals surface area contributed by atoms with Crippen molar-refractivity contribution in [1.82, 2.24) is 15.3 Å². The first-order valence-electron chi connectivity index (χ1n) is 10.4. The summed E-state index contributed by atoms with van der Waals surface area (Å²) in [6.07, 6.45) is 5.95. The average molecular weight is 480 g/mol. The second-order valence-electron chi connectivity index (χ2n) is 7.60. The zero-order valence-electron chi connectivity index (χ0n) is 18.3. The number of nitrogens with one attached hydrogen (secondary N) is 2. The number of nitrogens with zero attached hydrogens (tertiary/aromatic N) is 2. The molecule has 10 nitrogen and oxygen atoms in total. The standard InChI is InChI=1S/C24H21FN4O6/c1-2-9-29(12-14-3-6-19-17(10-14)22(32)27-13-26-19)15-4-5-16(18(25)11-15)23(33)28-20(24(34)35)7-8-21(30)31/h1,3-6,10-11,13,20H,7-9,12H2,(H,28,33)(H,30,31)(H,34,35)(H,26,27,32)/t20-/m0/s1. The highest BCUT2D eigenvalue weighted by Gasteiger charge is 2.23. The molecule has 1 amide bonds. The summed E-state index contributed by atoms with van der Waals surface area (Å²) < 4.78 is 14.8. The number of anilines is 1. The van der Waals surface area contributed by atoms with Gasteiger partial charge in [0.2, 0.25) is 0 Å². The van der Waals surface area contributed by atoms with Crippen LogP contribution in [0, 0.1) is 18.2 Å². The molecular weight excluding hydrogens is 459 g/mol. The maximum atomic E-state index is 14.8. The van der Waals surface area contributed by atoms with Gasteiger partial charge in [0.05, 0.1) is 29.3 Å². The van der Waals surface area contributed by atoms with E-state index in [1.54, 1.807) is 23.1 Å². The molecule has 0 saturated heterocycles. The summed E-state index contributed by atoms with van der Waals surface area (Å²) >= 11 is 0. The van der Waals surface area contributed by atoms with Gasteiger partial charge in [-0.25, -0.2) is 14.2 Å². The van der Waals surface area contributed by atoms with Gasteiger partial charge >= 0.3 is 11.9 Å². The highest BCUT2D eigenvalue weighted by atomic mass is 19.1. The fourth-order valence-corrected chi connectivity index (χ4v) is 3.43. The lowest BCUT2D eigenvalue weighted by molar-refractivity contribution is -0.140. The van der Waals surface area contributed by atoms with Crippen molar-refractivity contribution in [2.75, 3.05) is 11.4 Å². The van der Waals surface area contributed by atoms with Crippen LogP contribution in [-0.2, 0) is 16.1 Å². The molecule has 3 aromatic rings. The second-order valence-corrected chi connectivity index (χ2v) is 7.60. The Morgan fingerprint density at radius 3 is 2.63 bits per heavy atom. The van der Waals surface area contributed by atoms with Gasteiger partial charge in [-0.3, -0.25) is 14.4 Å². The SMILES string of the molecule is C#CCN(Cc1ccc2nc[nH]c(=O)c2c1)c1ccc(C(=O)N[C@@H](CCC(=O)O)C(=O)O)c(F)c1. The number of fused-ring (bicyclic) bond motifs is 1. The van der Waals surface area contributed by atoms with Gasteiger partial charge in [0.15, 0.2) is 0 Å². The molecule has 0 aliphatic rings. The van der Waals surface area contributed by atoms with Crippen molar-refractivity contribution in [2.45, 2.75) is 25.4 Å². The van der Waals surface area contributed by atoms with Crippen LogP contribution >= 0.6 is 0 Å². The maximum Gasteiger partial charge on any atom is 0.326 e. The van der Waals surface area contributed by atoms with Crippen LogP contribution in [0.4, 0.5) is 10.1 Å². The van der Waals surface area contributed by atoms with E-state index in [-0.39, 0.29) is 25.1 Å². The van der Waals surface area contributed by atoms with Gasteiger partial charge in [0.25, 0.3) is 11.5 Å². The van der Waals surface area contributed by atoms with Gasteiger partial charge in [-0.15, -0.1) is 6.42 Å². The van der Waals surface area contributed by atoms with Gasteiger partial charge in [0, 0.05) is 18.7 Å². The van der Waals surface area contributed by atoms with E-state index in [9.17, 15) is 28.7 Å². The Hall–Kier alpha value is -4.72. The summed E-state index contributed by atoms with van der Waals surface area (Å²) in [5.41, 5.74) is 0.892. The Labute approximate surface area is 198 Å². The Morgan fingerprint density at radius 2 is 1.97 bits per heavy atom. The van der Waals surface area contributed by atoms with Crippen LogP contribution in [0.2, 0.25) is 0 Å². The highest BCUT2D eigenvalue weighted by Crippen LogP contribution is 2.22. The van der Waals surface area contributed by atoms with Crippen LogP contribution in [0.5, 0.6) is 0 Å². The van der Waals surface area contributed by atoms with Crippen LogP contribution in [0.3, 0.4) is 0 Å². The number of carboxylic acid groups (broad SMARTS) is 2. The summed E-state index contributed by atoms with van der Waals surface area (Å²) in [7, 11) is 0. The topological polar surface area (TPSA) is 153 Å². The van der Waals surface area contributed by atoms with Crippen LogP contribution in [-0.4, -0.2) is 50.6 Å². The molecule has 0 saturated carbocycles. The molecule has 0 aliphatic carbocycles. The number of H-pyrrole nitrogens is 1. The van der Waals surface area contributed by atoms with Crippen LogP contribution in [0.25, 0.3) is 10.9 Å². The van der Waals surface area contributed by atoms with Crippen molar-refractivity contribution in [1.29, 1.82) is 0 Å². The first kappa shape index (κ1) is 24.9. The van der Waals surface area contributed by atoms with Crippen molar-refractivity contribution in [2.24, 2.45) is 0 Å². The van der Waals surface area contributed by atoms with Crippen LogP contribution in [0.15, 0.2) is 47.5 Å². The average Bonchev–Trinajstić information content (AvgIpc) is 2.81. The molecule has 0 radical (unpaired) electrons. The van der Waals surface area contributed by atoms with Gasteiger partial charge in [-0.1, -0.05) is 12.0 Å². The van der Waals surface area contributed by atoms with Crippen LogP contribution < -0.4 is 15.8 Å². The Balaban J connectivity index is 1.81. The number of halogens is 1. The minimum absolute atomic E-state index is 0.0999. The van der Waals surface area contributed by atoms with Crippen molar-refractivity contribution < 1.29 is 29.0 Å². The van der Waals surface area contributed by atoms with E-state index in [0.717, 1.165) is 11.6 Å². The summed E-state index contributed by atoms with van der Waals surface area (Å²) in [6, 6.07) is 7.36. The third-order valence-electron chi connectivity index (χ3n) is 5.17. The number of aromatic nitrogens is 2. The molecule has 1 atom stereocenters. The van der Waals surface area contributed by atoms with E-state index >= 15 is 0 Å². The van der Waals surface area contributed by atoms with Gasteiger partial charge in [-0.2, -0.15) is 0 Å². The lowest BCUT2D eigenvalue weighted by Crippen LogP contribution is -2.41. The lowest BCUT2D eigenvalue weighted by Gasteiger charge is -2.23. The zero-order chi connectivity index (χ0) is 25.5. The number of rotatable bonds is 10. The second kappa shape index (κ2) is 10.9. The quantitative estimate of drug-likeness (QED) is 0.320. The van der Waals surface area contributed by atoms with E-state index in [1.807, 2.05) is 0 Å². The molecular formula is C24H21FN4O6. The van der Waals surface area contributed by atoms with Crippen molar-refractivity contribution in [3.63, 3.8) is 0 Å². The summed E-state index contributed by atoms with van der Waals surface area (Å²) in [5, 5.41) is 20.5. The number of terminal acetylenes is 1. The van der Waals surface area contributed by atoms with E-state index in [0.29, 0.717) is 16.6 Å². The number of aliphatic carboxylic acids is 2. The smallest absolute Gasteiger partial charge is 0.326 e. The van der Waals surface area contributed by atoms with E-state index in [4.69, 9.17) is 11.5 Å². The molecule has 180 valence electrons. The van der Waals surface area contributed by atoms with Gasteiger partial charge < -0.3 is 25.4 Å². The number of carbonyl (C=O) groups is 3. The monoisotopic (exact) mass is 480 g/mol. The molecule has 2 aromatic carbocycles. The molecule has 0 fully saturated rings. The van der Waals surface area contributed by atoms with E-state index < -0.39 is 41.7 Å². The summed E-state index contributed by atoms with van der Waals surface area (Å²) in [4.78, 5) is 54.7. The summed E-state index contributed by atoms with van der Waals surface area (Å²) in [5.74, 6) is -2.07. The Kier molecular flexibility index (Phi) is 7.78. The summed E-state index contributed by atoms with van der Waals surface area (Å²) in [6.45, 7) is 0.332. The maximum absolute atomic E-state index is 14.8. The Bertz CT molecular complexity index is 1380. The van der Waals surface area contributed by atoms with Crippen molar-refractivity contribution >= 4 is 34.4 Å². The third-order valence-corrected chi connectivity index (χ3v) is 5.17. The number of amides is 1. The zero-order valence-corrected chi connectivity index (χ0v) is 18.3. The fourth-order valence-electron chi connectivity index (χ4n) is 3.43. The normalized spacial score (nSPS) is 11.4. The molecule has 0 bridgehead atoms. The molecule has 1 aromatic heterocycles. The van der Waals surface area contributed by atoms with Gasteiger partial charge in [0.1, 0.15) is 11.9 Å². The highest BCUT2D eigenvalue weighted by molar-refractivity contribution is 5.97. The number of benzene rings is 2. The number of carboxylic acids is 2. The van der Waals surface area contributed by atoms with Crippen molar-refractivity contribution in [3.8, 4) is 12.3 Å². The Morgan fingerprint density at radius 1 is 1.20 bits per heavy atom. The molecule has 3 rings (SSSR count). The van der Waals surface area contributed by atoms with E-state index in [1.165, 1.54) is 18.5 Å². The first-order valence-corrected chi connectivity index (χ1v) is 10.4. The molecule has 35 heavy (non-hydrogen) atoms. The molecule has 4 N–H and O–H groups in total. The molecule has 0 unspecified atom stereocenters. The molecule has 11 heteroatoms. The number of hydrogen-bond acceptors (Lipinski definition) is 6. The number of hydrogen-bond donors (Lipinski definition) is 4. The molecule has 1 heterocycles. The van der Waals surface area contributed by atoms with Gasteiger partial charge in [-0.05, 0) is 42.3 Å². The van der Waals surface area contributed by atoms with Crippen molar-refractivity contribution in [3.05, 3.63) is 70.0 Å². The lowest BCUT2D eigenvalue weighted by atomic mass is 10.1.